The first-order chi connectivity index (χ1) is 13.8. The molecule has 1 fully saturated rings. The van der Waals surface area contributed by atoms with Crippen LogP contribution in [0.4, 0.5) is 4.39 Å². The van der Waals surface area contributed by atoms with Gasteiger partial charge in [-0.3, -0.25) is 9.59 Å². The van der Waals surface area contributed by atoms with Gasteiger partial charge in [0.2, 0.25) is 11.8 Å². The van der Waals surface area contributed by atoms with Gasteiger partial charge in [0.1, 0.15) is 5.82 Å². The van der Waals surface area contributed by atoms with Gasteiger partial charge in [-0.2, -0.15) is 0 Å². The van der Waals surface area contributed by atoms with Gasteiger partial charge in [-0.15, -0.1) is 0 Å². The van der Waals surface area contributed by atoms with Crippen LogP contribution in [0.2, 0.25) is 0 Å². The van der Waals surface area contributed by atoms with E-state index in [0.717, 1.165) is 5.56 Å². The molecule has 4 rings (SSSR count). The molecule has 0 bridgehead atoms. The van der Waals surface area contributed by atoms with Gasteiger partial charge in [0.15, 0.2) is 0 Å². The number of halogens is 1. The zero-order valence-electron chi connectivity index (χ0n) is 17.2. The van der Waals surface area contributed by atoms with Crippen molar-refractivity contribution in [3.8, 4) is 0 Å². The maximum Gasteiger partial charge on any atom is 0.242 e. The summed E-state index contributed by atoms with van der Waals surface area (Å²) in [4.78, 5) is 29.6. The van der Waals surface area contributed by atoms with E-state index in [1.54, 1.807) is 23.1 Å². The first-order valence-corrected chi connectivity index (χ1v) is 10.2. The second-order valence-corrected chi connectivity index (χ2v) is 8.92. The Kier molecular flexibility index (Phi) is 4.93. The average Bonchev–Trinajstić information content (AvgIpc) is 2.70. The Morgan fingerprint density at radius 3 is 2.62 bits per heavy atom. The Labute approximate surface area is 171 Å². The molecule has 1 saturated heterocycles. The van der Waals surface area contributed by atoms with Crippen molar-refractivity contribution in [1.29, 1.82) is 0 Å². The monoisotopic (exact) mass is 394 g/mol. The molecular weight excluding hydrogens is 367 g/mol. The summed E-state index contributed by atoms with van der Waals surface area (Å²) in [6.45, 7) is 7.35. The maximum absolute atomic E-state index is 14.0. The molecule has 29 heavy (non-hydrogen) atoms. The molecule has 0 radical (unpaired) electrons. The summed E-state index contributed by atoms with van der Waals surface area (Å²) >= 11 is 0. The van der Waals surface area contributed by atoms with Gasteiger partial charge in [0.25, 0.3) is 0 Å². The van der Waals surface area contributed by atoms with Crippen LogP contribution in [0.15, 0.2) is 48.5 Å². The summed E-state index contributed by atoms with van der Waals surface area (Å²) in [5, 5.41) is 0. The van der Waals surface area contributed by atoms with Crippen LogP contribution in [-0.2, 0) is 21.4 Å². The Morgan fingerprint density at radius 2 is 1.86 bits per heavy atom. The fourth-order valence-corrected chi connectivity index (χ4v) is 4.74. The third-order valence-electron chi connectivity index (χ3n) is 6.25. The molecule has 0 aromatic heterocycles. The van der Waals surface area contributed by atoms with Crippen LogP contribution < -0.4 is 0 Å². The fraction of sp³-hybridized carbons (Fsp3) is 0.417. The van der Waals surface area contributed by atoms with E-state index in [0.29, 0.717) is 25.1 Å². The molecular formula is C24H27FN2O2. The van der Waals surface area contributed by atoms with Crippen molar-refractivity contribution in [2.45, 2.75) is 38.6 Å². The number of hydrogen-bond acceptors (Lipinski definition) is 2. The highest BCUT2D eigenvalue weighted by atomic mass is 19.1. The van der Waals surface area contributed by atoms with Crippen molar-refractivity contribution in [2.24, 2.45) is 5.92 Å². The predicted molar refractivity (Wildman–Crippen MR) is 110 cm³/mol. The van der Waals surface area contributed by atoms with E-state index in [1.807, 2.05) is 24.0 Å². The zero-order chi connectivity index (χ0) is 20.8. The lowest BCUT2D eigenvalue weighted by atomic mass is 9.75. The Bertz CT molecular complexity index is 955. The molecule has 2 aromatic rings. The van der Waals surface area contributed by atoms with Crippen molar-refractivity contribution in [1.82, 2.24) is 9.80 Å². The standard InChI is InChI=1S/C24H27FN2O2/c1-16(12-17-8-4-7-11-20(17)25)23(29)26-13-21-18-9-5-6-10-19(18)24(2,3)15-27(21)22(28)14-26/h4-11,16,21H,12-15H2,1-3H3. The van der Waals surface area contributed by atoms with E-state index in [2.05, 4.69) is 26.0 Å². The van der Waals surface area contributed by atoms with Crippen molar-refractivity contribution < 1.29 is 14.0 Å². The molecule has 2 amide bonds. The fourth-order valence-electron chi connectivity index (χ4n) is 4.74. The third kappa shape index (κ3) is 3.54. The molecule has 0 saturated carbocycles. The topological polar surface area (TPSA) is 40.6 Å². The molecule has 2 aromatic carbocycles. The Hall–Kier alpha value is -2.69. The highest BCUT2D eigenvalue weighted by Crippen LogP contribution is 2.41. The largest absolute Gasteiger partial charge is 0.331 e. The minimum atomic E-state index is -0.387. The molecule has 0 N–H and O–H groups in total. The number of benzene rings is 2. The summed E-state index contributed by atoms with van der Waals surface area (Å²) < 4.78 is 14.0. The lowest BCUT2D eigenvalue weighted by Gasteiger charge is -2.50. The quantitative estimate of drug-likeness (QED) is 0.796. The van der Waals surface area contributed by atoms with Crippen molar-refractivity contribution in [3.63, 3.8) is 0 Å². The summed E-state index contributed by atoms with van der Waals surface area (Å²) in [7, 11) is 0. The van der Waals surface area contributed by atoms with Crippen LogP contribution in [0.1, 0.15) is 43.5 Å². The maximum atomic E-state index is 14.0. The molecule has 2 aliphatic rings. The molecule has 0 aliphatic carbocycles. The lowest BCUT2D eigenvalue weighted by Crippen LogP contribution is -2.59. The Morgan fingerprint density at radius 1 is 1.17 bits per heavy atom. The van der Waals surface area contributed by atoms with Gasteiger partial charge in [0, 0.05) is 24.4 Å². The summed E-state index contributed by atoms with van der Waals surface area (Å²) in [6.07, 6.45) is 0.328. The molecule has 4 nitrogen and oxygen atoms in total. The number of piperazine rings is 1. The summed E-state index contributed by atoms with van der Waals surface area (Å²) in [5.41, 5.74) is 2.77. The van der Waals surface area contributed by atoms with Crippen LogP contribution in [0.5, 0.6) is 0 Å². The SMILES string of the molecule is CC(Cc1ccccc1F)C(=O)N1CC(=O)N2CC(C)(C)c3ccccc3C2C1. The Balaban J connectivity index is 1.56. The van der Waals surface area contributed by atoms with E-state index < -0.39 is 0 Å². The van der Waals surface area contributed by atoms with Crippen molar-refractivity contribution in [2.75, 3.05) is 19.6 Å². The number of carbonyl (C=O) groups is 2. The molecule has 2 aliphatic heterocycles. The number of hydrogen-bond donors (Lipinski definition) is 0. The van der Waals surface area contributed by atoms with Gasteiger partial charge in [-0.05, 0) is 29.2 Å². The summed E-state index contributed by atoms with van der Waals surface area (Å²) in [6, 6.07) is 14.6. The van der Waals surface area contributed by atoms with Crippen molar-refractivity contribution >= 4 is 11.8 Å². The zero-order valence-corrected chi connectivity index (χ0v) is 17.2. The first kappa shape index (κ1) is 19.6. The van der Waals surface area contributed by atoms with Gasteiger partial charge in [0.05, 0.1) is 12.6 Å². The minimum absolute atomic E-state index is 0.0183. The van der Waals surface area contributed by atoms with E-state index in [-0.39, 0.29) is 41.6 Å². The van der Waals surface area contributed by atoms with Crippen LogP contribution in [-0.4, -0.2) is 41.2 Å². The number of amides is 2. The van der Waals surface area contributed by atoms with Gasteiger partial charge in [-0.25, -0.2) is 4.39 Å². The van der Waals surface area contributed by atoms with E-state index in [4.69, 9.17) is 0 Å². The normalized spacial score (nSPS) is 21.4. The second-order valence-electron chi connectivity index (χ2n) is 8.92. The highest BCUT2D eigenvalue weighted by Gasteiger charge is 2.44. The van der Waals surface area contributed by atoms with Gasteiger partial charge in [-0.1, -0.05) is 63.2 Å². The van der Waals surface area contributed by atoms with E-state index in [9.17, 15) is 14.0 Å². The molecule has 5 heteroatoms. The van der Waals surface area contributed by atoms with E-state index >= 15 is 0 Å². The number of nitrogens with zero attached hydrogens (tertiary/aromatic N) is 2. The predicted octanol–water partition coefficient (Wildman–Crippen LogP) is 3.71. The lowest BCUT2D eigenvalue weighted by molar-refractivity contribution is -0.152. The molecule has 2 unspecified atom stereocenters. The van der Waals surface area contributed by atoms with Gasteiger partial charge >= 0.3 is 0 Å². The number of carbonyl (C=O) groups excluding carboxylic acids is 2. The van der Waals surface area contributed by atoms with Crippen LogP contribution in [0.3, 0.4) is 0 Å². The number of fused-ring (bicyclic) bond motifs is 3. The minimum Gasteiger partial charge on any atom is -0.331 e. The van der Waals surface area contributed by atoms with Crippen LogP contribution in [0.25, 0.3) is 0 Å². The third-order valence-corrected chi connectivity index (χ3v) is 6.25. The summed E-state index contributed by atoms with van der Waals surface area (Å²) in [5.74, 6) is -0.795. The van der Waals surface area contributed by atoms with Crippen LogP contribution >= 0.6 is 0 Å². The molecule has 152 valence electrons. The van der Waals surface area contributed by atoms with Crippen LogP contribution in [0, 0.1) is 11.7 Å². The smallest absolute Gasteiger partial charge is 0.242 e. The van der Waals surface area contributed by atoms with E-state index in [1.165, 1.54) is 11.6 Å². The molecule has 2 atom stereocenters. The molecule has 0 spiro atoms. The van der Waals surface area contributed by atoms with Crippen molar-refractivity contribution in [3.05, 3.63) is 71.0 Å². The first-order valence-electron chi connectivity index (χ1n) is 10.2. The number of rotatable bonds is 3. The van der Waals surface area contributed by atoms with Gasteiger partial charge < -0.3 is 9.80 Å². The second kappa shape index (κ2) is 7.29. The molecule has 2 heterocycles. The average molecular weight is 394 g/mol. The highest BCUT2D eigenvalue weighted by molar-refractivity contribution is 5.88.